The van der Waals surface area contributed by atoms with Gasteiger partial charge in [-0.2, -0.15) is 0 Å². The van der Waals surface area contributed by atoms with Crippen molar-refractivity contribution in [3.8, 4) is 35.3 Å². The average molecular weight is 575 g/mol. The zero-order chi connectivity index (χ0) is 30.1. The summed E-state index contributed by atoms with van der Waals surface area (Å²) in [7, 11) is 1.70. The van der Waals surface area contributed by atoms with E-state index in [2.05, 4.69) is 38.0 Å². The summed E-state index contributed by atoms with van der Waals surface area (Å²) in [5.74, 6) is 5.42. The van der Waals surface area contributed by atoms with Gasteiger partial charge in [-0.3, -0.25) is 0 Å². The van der Waals surface area contributed by atoms with Crippen LogP contribution in [-0.2, 0) is 22.3 Å². The second kappa shape index (κ2) is 14.7. The Balaban J connectivity index is 1.52. The van der Waals surface area contributed by atoms with Crippen molar-refractivity contribution in [2.24, 2.45) is 11.3 Å². The largest absolute Gasteiger partial charge is 0.507 e. The van der Waals surface area contributed by atoms with E-state index in [0.717, 1.165) is 41.0 Å². The quantitative estimate of drug-likeness (QED) is 0.118. The number of ether oxygens (including phenoxy) is 5. The van der Waals surface area contributed by atoms with Crippen molar-refractivity contribution in [2.75, 3.05) is 40.1 Å². The summed E-state index contributed by atoms with van der Waals surface area (Å²) in [5, 5.41) is 11.0. The summed E-state index contributed by atoms with van der Waals surface area (Å²) < 4.78 is 29.2. The number of aromatic hydroxyl groups is 1. The fourth-order valence-corrected chi connectivity index (χ4v) is 5.94. The van der Waals surface area contributed by atoms with Gasteiger partial charge in [0, 0.05) is 11.5 Å². The van der Waals surface area contributed by atoms with Gasteiger partial charge in [0.1, 0.15) is 30.8 Å². The Labute approximate surface area is 251 Å². The van der Waals surface area contributed by atoms with Crippen molar-refractivity contribution in [1.82, 2.24) is 0 Å². The van der Waals surface area contributed by atoms with Gasteiger partial charge in [0.25, 0.3) is 0 Å². The predicted octanol–water partition coefficient (Wildman–Crippen LogP) is 7.25. The maximum absolute atomic E-state index is 11.0. The first-order chi connectivity index (χ1) is 20.2. The van der Waals surface area contributed by atoms with Gasteiger partial charge in [-0.25, -0.2) is 0 Å². The van der Waals surface area contributed by atoms with E-state index in [1.165, 1.54) is 24.0 Å². The van der Waals surface area contributed by atoms with E-state index in [1.54, 1.807) is 13.2 Å². The number of phenolic OH excluding ortho intramolecular Hbond substituents is 1. The zero-order valence-electron chi connectivity index (χ0n) is 25.8. The molecule has 0 saturated heterocycles. The highest BCUT2D eigenvalue weighted by molar-refractivity contribution is 5.74. The fraction of sp³-hybridized carbons (Fsp3) is 0.500. The van der Waals surface area contributed by atoms with Crippen LogP contribution in [0.5, 0.6) is 23.0 Å². The molecule has 0 aromatic heterocycles. The number of hydrogen-bond acceptors (Lipinski definition) is 6. The molecule has 0 bridgehead atoms. The third kappa shape index (κ3) is 8.12. The monoisotopic (exact) mass is 574 g/mol. The Kier molecular flexibility index (Phi) is 11.0. The van der Waals surface area contributed by atoms with Crippen molar-refractivity contribution in [3.63, 3.8) is 0 Å². The molecule has 1 saturated carbocycles. The summed E-state index contributed by atoms with van der Waals surface area (Å²) in [6.45, 7) is 10.7. The van der Waals surface area contributed by atoms with Crippen molar-refractivity contribution < 1.29 is 28.8 Å². The number of benzene rings is 2. The highest BCUT2D eigenvalue weighted by Crippen LogP contribution is 2.50. The van der Waals surface area contributed by atoms with Gasteiger partial charge in [0.15, 0.2) is 11.5 Å². The molecule has 2 unspecified atom stereocenters. The van der Waals surface area contributed by atoms with Crippen LogP contribution >= 0.6 is 0 Å². The summed E-state index contributed by atoms with van der Waals surface area (Å²) in [4.78, 5) is 0. The van der Waals surface area contributed by atoms with Crippen LogP contribution in [-0.4, -0.2) is 51.4 Å². The topological polar surface area (TPSA) is 66.4 Å². The first kappa shape index (κ1) is 31.5. The third-order valence-electron chi connectivity index (χ3n) is 8.28. The van der Waals surface area contributed by atoms with Crippen LogP contribution in [0.3, 0.4) is 0 Å². The second-order valence-corrected chi connectivity index (χ2v) is 12.1. The van der Waals surface area contributed by atoms with Crippen molar-refractivity contribution in [2.45, 2.75) is 65.9 Å². The molecule has 0 spiro atoms. The Morgan fingerprint density at radius 1 is 1.05 bits per heavy atom. The van der Waals surface area contributed by atoms with Crippen LogP contribution in [0.15, 0.2) is 35.9 Å². The van der Waals surface area contributed by atoms with Crippen molar-refractivity contribution in [1.29, 1.82) is 0 Å². The van der Waals surface area contributed by atoms with Gasteiger partial charge < -0.3 is 28.8 Å². The summed E-state index contributed by atoms with van der Waals surface area (Å²) in [6, 6.07) is 7.98. The van der Waals surface area contributed by atoms with Crippen LogP contribution in [0.2, 0.25) is 0 Å². The smallest absolute Gasteiger partial charge is 0.164 e. The average Bonchev–Trinajstić information content (AvgIpc) is 2.95. The van der Waals surface area contributed by atoms with Gasteiger partial charge in [-0.05, 0) is 92.3 Å². The highest BCUT2D eigenvalue weighted by Gasteiger charge is 2.43. The summed E-state index contributed by atoms with van der Waals surface area (Å²) in [6.07, 6.45) is 16.7. The van der Waals surface area contributed by atoms with E-state index in [9.17, 15) is 5.11 Å². The maximum Gasteiger partial charge on any atom is 0.164 e. The SMILES string of the molecule is C#CCOCCOCCOc1cc(/C=C/c2cc3c(c(OC)c2)OC2CCCC(C)(C)C2C3)cc(O)c1CC=C(C)C. The van der Waals surface area contributed by atoms with Gasteiger partial charge >= 0.3 is 0 Å². The van der Waals surface area contributed by atoms with Gasteiger partial charge in [-0.1, -0.05) is 43.6 Å². The minimum Gasteiger partial charge on any atom is -0.507 e. The van der Waals surface area contributed by atoms with E-state index in [4.69, 9.17) is 30.1 Å². The maximum atomic E-state index is 11.0. The molecule has 4 rings (SSSR count). The lowest BCUT2D eigenvalue weighted by Gasteiger charge is -2.47. The van der Waals surface area contributed by atoms with Crippen LogP contribution < -0.4 is 14.2 Å². The van der Waals surface area contributed by atoms with E-state index < -0.39 is 0 Å². The second-order valence-electron chi connectivity index (χ2n) is 12.1. The fourth-order valence-electron chi connectivity index (χ4n) is 5.94. The van der Waals surface area contributed by atoms with Gasteiger partial charge in [0.05, 0.1) is 26.9 Å². The summed E-state index contributed by atoms with van der Waals surface area (Å²) >= 11 is 0. The van der Waals surface area contributed by atoms with Crippen LogP contribution in [0, 0.1) is 23.7 Å². The van der Waals surface area contributed by atoms with E-state index in [0.29, 0.717) is 44.5 Å². The molecule has 1 N–H and O–H groups in total. The van der Waals surface area contributed by atoms with Crippen molar-refractivity contribution in [3.05, 3.63) is 58.2 Å². The number of methoxy groups -OCH3 is 1. The summed E-state index contributed by atoms with van der Waals surface area (Å²) in [5.41, 5.74) is 5.24. The first-order valence-corrected chi connectivity index (χ1v) is 15.0. The van der Waals surface area contributed by atoms with Gasteiger partial charge in [0.2, 0.25) is 0 Å². The molecule has 2 aliphatic rings. The molecule has 2 aromatic rings. The molecule has 2 atom stereocenters. The number of allylic oxidation sites excluding steroid dienone is 2. The standard InChI is InChI=1S/C36H46O6/c1-7-15-39-16-17-40-18-19-41-33-22-27(21-31(37)29(33)13-10-25(2)3)12-11-26-20-28-24-30-32(9-8-14-36(30,4)5)42-35(28)34(23-26)38-6/h1,10-12,20-23,30,32,37H,8-9,13-19,24H2,2-6H3/b12-11+. The molecular formula is C36H46O6. The van der Waals surface area contributed by atoms with E-state index in [1.807, 2.05) is 32.1 Å². The van der Waals surface area contributed by atoms with Crippen LogP contribution in [0.1, 0.15) is 69.2 Å². The van der Waals surface area contributed by atoms with E-state index in [-0.39, 0.29) is 23.9 Å². The zero-order valence-corrected chi connectivity index (χ0v) is 25.8. The minimum absolute atomic E-state index is 0.204. The highest BCUT2D eigenvalue weighted by atomic mass is 16.5. The lowest BCUT2D eigenvalue weighted by molar-refractivity contribution is -0.00708. The molecule has 0 amide bonds. The molecule has 0 radical (unpaired) electrons. The minimum atomic E-state index is 0.204. The molecule has 1 heterocycles. The molecule has 42 heavy (non-hydrogen) atoms. The van der Waals surface area contributed by atoms with E-state index >= 15 is 0 Å². The Bertz CT molecular complexity index is 1310. The Morgan fingerprint density at radius 3 is 2.50 bits per heavy atom. The molecular weight excluding hydrogens is 528 g/mol. The van der Waals surface area contributed by atoms with Gasteiger partial charge in [-0.15, -0.1) is 6.42 Å². The molecule has 1 fully saturated rings. The molecule has 2 aromatic carbocycles. The Hall–Kier alpha value is -3.40. The lowest BCUT2D eigenvalue weighted by atomic mass is 9.64. The molecule has 226 valence electrons. The van der Waals surface area contributed by atoms with Crippen LogP contribution in [0.4, 0.5) is 0 Å². The number of rotatable bonds is 13. The molecule has 1 aliphatic heterocycles. The van der Waals surface area contributed by atoms with Crippen LogP contribution in [0.25, 0.3) is 12.2 Å². The third-order valence-corrected chi connectivity index (χ3v) is 8.28. The molecule has 1 aliphatic carbocycles. The normalized spacial score (nSPS) is 18.9. The van der Waals surface area contributed by atoms with Crippen molar-refractivity contribution >= 4 is 12.2 Å². The molecule has 6 nitrogen and oxygen atoms in total. The number of terminal acetylenes is 1. The predicted molar refractivity (Wildman–Crippen MR) is 168 cm³/mol. The molecule has 6 heteroatoms. The number of phenols is 1. The first-order valence-electron chi connectivity index (χ1n) is 15.0. The number of hydrogen-bond donors (Lipinski definition) is 1. The number of fused-ring (bicyclic) bond motifs is 2. The Morgan fingerprint density at radius 2 is 1.76 bits per heavy atom. The lowest BCUT2D eigenvalue weighted by Crippen LogP contribution is -2.45.